The first-order valence-electron chi connectivity index (χ1n) is 4.83. The Labute approximate surface area is 106 Å². The van der Waals surface area contributed by atoms with Gasteiger partial charge in [-0.15, -0.1) is 0 Å². The maximum absolute atomic E-state index is 5.97. The molecule has 0 unspecified atom stereocenters. The van der Waals surface area contributed by atoms with Gasteiger partial charge in [-0.1, -0.05) is 36.1 Å². The maximum atomic E-state index is 5.97. The van der Waals surface area contributed by atoms with Gasteiger partial charge >= 0.3 is 0 Å². The van der Waals surface area contributed by atoms with Crippen molar-refractivity contribution >= 4 is 36.7 Å². The minimum absolute atomic E-state index is 0.851. The highest BCUT2D eigenvalue weighted by Gasteiger charge is 2.18. The summed E-state index contributed by atoms with van der Waals surface area (Å²) in [5.74, 6) is 0.851. The van der Waals surface area contributed by atoms with Gasteiger partial charge in [-0.2, -0.15) is 0 Å². The fourth-order valence-electron chi connectivity index (χ4n) is 1.12. The Balaban J connectivity index is 3.02. The van der Waals surface area contributed by atoms with E-state index < -0.39 is 8.32 Å². The average Bonchev–Trinajstić information content (AvgIpc) is 2.17. The Morgan fingerprint density at radius 3 is 2.33 bits per heavy atom. The van der Waals surface area contributed by atoms with Crippen LogP contribution in [0.3, 0.4) is 0 Å². The molecule has 80 valence electrons. The summed E-state index contributed by atoms with van der Waals surface area (Å²) in [5, 5.41) is 0. The Hall–Kier alpha value is -0.513. The second-order valence-electron chi connectivity index (χ2n) is 4.16. The van der Waals surface area contributed by atoms with E-state index in [0.29, 0.717) is 0 Å². The monoisotopic (exact) mass is 330 g/mol. The molecule has 0 atom stereocenters. The molecule has 1 nitrogen and oxygen atoms in total. The van der Waals surface area contributed by atoms with Crippen molar-refractivity contribution in [3.63, 3.8) is 0 Å². The minimum Gasteiger partial charge on any atom is -0.539 e. The van der Waals surface area contributed by atoms with Gasteiger partial charge in [0.25, 0.3) is 0 Å². The fraction of sp³-hybridized carbons (Fsp3) is 0.250. The molecule has 0 amide bonds. The summed E-state index contributed by atoms with van der Waals surface area (Å²) in [4.78, 5) is 0. The van der Waals surface area contributed by atoms with Gasteiger partial charge in [0.1, 0.15) is 0 Å². The quantitative estimate of drug-likeness (QED) is 0.345. The van der Waals surface area contributed by atoms with E-state index >= 15 is 0 Å². The van der Waals surface area contributed by atoms with Crippen LogP contribution in [-0.2, 0) is 4.43 Å². The summed E-state index contributed by atoms with van der Waals surface area (Å²) in [5.41, 5.74) is 4.24. The summed E-state index contributed by atoms with van der Waals surface area (Å²) in [6.45, 7) is 6.51. The highest BCUT2D eigenvalue weighted by Crippen LogP contribution is 2.19. The van der Waals surface area contributed by atoms with Gasteiger partial charge in [0.05, 0.1) is 0 Å². The number of benzene rings is 1. The lowest BCUT2D eigenvalue weighted by atomic mass is 10.2. The molecule has 0 aliphatic heterocycles. The van der Waals surface area contributed by atoms with Gasteiger partial charge in [-0.3, -0.25) is 0 Å². The first kappa shape index (κ1) is 12.6. The first-order valence-corrected chi connectivity index (χ1v) is 9.48. The standard InChI is InChI=1S/C12H15IOSi/c1-15(2,3)14-12(9-10-13)11-7-5-4-6-8-11/h4-8,10H,1-3H3. The molecule has 0 aliphatic carbocycles. The zero-order valence-corrected chi connectivity index (χ0v) is 12.4. The van der Waals surface area contributed by atoms with Gasteiger partial charge in [0.15, 0.2) is 5.76 Å². The third-order valence-corrected chi connectivity index (χ3v) is 2.76. The Bertz CT molecular complexity index is 372. The van der Waals surface area contributed by atoms with Crippen LogP contribution in [-0.4, -0.2) is 8.32 Å². The van der Waals surface area contributed by atoms with Crippen molar-refractivity contribution in [2.75, 3.05) is 0 Å². The molecule has 1 rings (SSSR count). The maximum Gasteiger partial charge on any atom is 0.243 e. The van der Waals surface area contributed by atoms with Gasteiger partial charge in [-0.25, -0.2) is 0 Å². The second-order valence-corrected chi connectivity index (χ2v) is 9.21. The van der Waals surface area contributed by atoms with Crippen LogP contribution in [0, 0.1) is 0 Å². The summed E-state index contributed by atoms with van der Waals surface area (Å²) in [7, 11) is -1.56. The Morgan fingerprint density at radius 1 is 1.27 bits per heavy atom. The van der Waals surface area contributed by atoms with E-state index in [-0.39, 0.29) is 0 Å². The van der Waals surface area contributed by atoms with Crippen LogP contribution in [0.2, 0.25) is 19.6 Å². The fourth-order valence-corrected chi connectivity index (χ4v) is 2.19. The van der Waals surface area contributed by atoms with Crippen LogP contribution >= 0.6 is 22.6 Å². The molecule has 3 heteroatoms. The number of hydrogen-bond donors (Lipinski definition) is 0. The SMILES string of the molecule is C[Si](C)(C)OC(=C=CI)c1ccccc1. The Kier molecular flexibility index (Phi) is 4.64. The van der Waals surface area contributed by atoms with E-state index in [9.17, 15) is 0 Å². The van der Waals surface area contributed by atoms with E-state index in [4.69, 9.17) is 4.43 Å². The van der Waals surface area contributed by atoms with Gasteiger partial charge < -0.3 is 4.43 Å². The van der Waals surface area contributed by atoms with Crippen molar-refractivity contribution in [2.45, 2.75) is 19.6 Å². The third-order valence-electron chi connectivity index (χ3n) is 1.63. The first-order chi connectivity index (χ1) is 7.03. The molecule has 1 aromatic carbocycles. The number of hydrogen-bond acceptors (Lipinski definition) is 1. The van der Waals surface area contributed by atoms with E-state index in [2.05, 4.69) is 48.0 Å². The molecule has 0 aromatic heterocycles. The van der Waals surface area contributed by atoms with E-state index in [1.54, 1.807) is 0 Å². The zero-order chi connectivity index (χ0) is 11.3. The molecular weight excluding hydrogens is 315 g/mol. The predicted octanol–water partition coefficient (Wildman–Crippen LogP) is 4.43. The second kappa shape index (κ2) is 5.54. The highest BCUT2D eigenvalue weighted by molar-refractivity contribution is 14.1. The van der Waals surface area contributed by atoms with Gasteiger partial charge in [0, 0.05) is 9.65 Å². The zero-order valence-electron chi connectivity index (χ0n) is 9.25. The van der Waals surface area contributed by atoms with E-state index in [1.165, 1.54) is 0 Å². The van der Waals surface area contributed by atoms with Crippen LogP contribution in [0.1, 0.15) is 5.56 Å². The molecule has 0 aliphatic rings. The van der Waals surface area contributed by atoms with Crippen LogP contribution in [0.15, 0.2) is 40.1 Å². The molecular formula is C12H15IOSi. The summed E-state index contributed by atoms with van der Waals surface area (Å²) >= 11 is 2.16. The van der Waals surface area contributed by atoms with Crippen LogP contribution in [0.4, 0.5) is 0 Å². The number of halogens is 1. The van der Waals surface area contributed by atoms with Crippen LogP contribution in [0.5, 0.6) is 0 Å². The molecule has 1 aromatic rings. The van der Waals surface area contributed by atoms with Gasteiger partial charge in [-0.05, 0) is 42.2 Å². The van der Waals surface area contributed by atoms with E-state index in [1.807, 2.05) is 34.4 Å². The van der Waals surface area contributed by atoms with Crippen LogP contribution < -0.4 is 0 Å². The topological polar surface area (TPSA) is 9.23 Å². The van der Waals surface area contributed by atoms with Crippen LogP contribution in [0.25, 0.3) is 5.76 Å². The lowest BCUT2D eigenvalue weighted by molar-refractivity contribution is 0.515. The van der Waals surface area contributed by atoms with Crippen molar-refractivity contribution in [1.29, 1.82) is 0 Å². The van der Waals surface area contributed by atoms with E-state index in [0.717, 1.165) is 11.3 Å². The lowest BCUT2D eigenvalue weighted by Gasteiger charge is -2.20. The summed E-state index contributed by atoms with van der Waals surface area (Å²) in [6.07, 6.45) is 0. The van der Waals surface area contributed by atoms with Crippen molar-refractivity contribution in [3.8, 4) is 0 Å². The normalized spacial score (nSPS) is 10.4. The molecule has 0 saturated heterocycles. The summed E-state index contributed by atoms with van der Waals surface area (Å²) < 4.78 is 7.83. The highest BCUT2D eigenvalue weighted by atomic mass is 127. The van der Waals surface area contributed by atoms with Gasteiger partial charge in [0.2, 0.25) is 8.32 Å². The van der Waals surface area contributed by atoms with Crippen molar-refractivity contribution in [3.05, 3.63) is 45.7 Å². The summed E-state index contributed by atoms with van der Waals surface area (Å²) in [6, 6.07) is 10.1. The third kappa shape index (κ3) is 4.69. The van der Waals surface area contributed by atoms with Crippen molar-refractivity contribution < 1.29 is 4.43 Å². The molecule has 0 bridgehead atoms. The largest absolute Gasteiger partial charge is 0.539 e. The Morgan fingerprint density at radius 2 is 1.87 bits per heavy atom. The average molecular weight is 330 g/mol. The smallest absolute Gasteiger partial charge is 0.243 e. The predicted molar refractivity (Wildman–Crippen MR) is 76.4 cm³/mol. The molecule has 0 N–H and O–H groups in total. The molecule has 0 saturated carbocycles. The number of rotatable bonds is 3. The van der Waals surface area contributed by atoms with Crippen molar-refractivity contribution in [2.24, 2.45) is 0 Å². The molecule has 0 spiro atoms. The lowest BCUT2D eigenvalue weighted by Crippen LogP contribution is -2.24. The molecule has 0 fully saturated rings. The molecule has 0 radical (unpaired) electrons. The molecule has 15 heavy (non-hydrogen) atoms. The van der Waals surface area contributed by atoms with Crippen molar-refractivity contribution in [1.82, 2.24) is 0 Å². The minimum atomic E-state index is -1.56. The molecule has 0 heterocycles.